The molecule has 8 heteroatoms. The maximum Gasteiger partial charge on any atom is 0.308 e. The Hall–Kier alpha value is -3.42. The smallest absolute Gasteiger partial charge is 0.308 e. The summed E-state index contributed by atoms with van der Waals surface area (Å²) in [7, 11) is 1.64. The van der Waals surface area contributed by atoms with Gasteiger partial charge in [0.25, 0.3) is 0 Å². The van der Waals surface area contributed by atoms with E-state index < -0.39 is 5.97 Å². The van der Waals surface area contributed by atoms with Crippen molar-refractivity contribution in [2.75, 3.05) is 30.4 Å². The number of carbonyl (C=O) groups is 1. The summed E-state index contributed by atoms with van der Waals surface area (Å²) < 4.78 is 5.17. The van der Waals surface area contributed by atoms with E-state index in [2.05, 4.69) is 20.3 Å². The summed E-state index contributed by atoms with van der Waals surface area (Å²) in [5, 5.41) is 13.4. The van der Waals surface area contributed by atoms with Crippen molar-refractivity contribution >= 4 is 28.6 Å². The van der Waals surface area contributed by atoms with Crippen LogP contribution in [0, 0.1) is 5.92 Å². The van der Waals surface area contributed by atoms with E-state index in [1.54, 1.807) is 19.5 Å². The molecule has 2 aromatic heterocycles. The Balaban J connectivity index is 1.51. The first-order chi connectivity index (χ1) is 14.1. The molecule has 0 aliphatic carbocycles. The molecule has 1 unspecified atom stereocenters. The molecule has 0 spiro atoms. The van der Waals surface area contributed by atoms with Gasteiger partial charge in [-0.25, -0.2) is 15.0 Å². The molecular formula is C21H23N5O3. The van der Waals surface area contributed by atoms with Gasteiger partial charge in [0, 0.05) is 32.0 Å². The predicted octanol–water partition coefficient (Wildman–Crippen LogP) is 2.95. The Morgan fingerprint density at radius 2 is 2.10 bits per heavy atom. The molecule has 0 saturated carbocycles. The van der Waals surface area contributed by atoms with Crippen LogP contribution < -0.4 is 15.0 Å². The van der Waals surface area contributed by atoms with Crippen LogP contribution in [0.4, 0.5) is 11.8 Å². The van der Waals surface area contributed by atoms with E-state index in [1.807, 2.05) is 35.2 Å². The second-order valence-electron chi connectivity index (χ2n) is 7.09. The number of benzene rings is 1. The van der Waals surface area contributed by atoms with Crippen LogP contribution in [0.5, 0.6) is 5.75 Å². The van der Waals surface area contributed by atoms with Crippen LogP contribution in [0.25, 0.3) is 10.9 Å². The molecule has 1 saturated heterocycles. The second kappa shape index (κ2) is 8.30. The maximum atomic E-state index is 11.4. The fourth-order valence-corrected chi connectivity index (χ4v) is 3.58. The lowest BCUT2D eigenvalue weighted by molar-refractivity contribution is -0.141. The van der Waals surface area contributed by atoms with E-state index >= 15 is 0 Å². The number of carboxylic acid groups (broad SMARTS) is 1. The predicted molar refractivity (Wildman–Crippen MR) is 110 cm³/mol. The van der Waals surface area contributed by atoms with Crippen molar-refractivity contribution in [1.29, 1.82) is 0 Å². The van der Waals surface area contributed by atoms with Crippen LogP contribution in [0.15, 0.2) is 42.7 Å². The molecule has 2 N–H and O–H groups in total. The molecule has 150 valence electrons. The first-order valence-electron chi connectivity index (χ1n) is 9.60. The molecule has 3 aromatic rings. The number of nitrogens with one attached hydrogen (secondary N) is 1. The molecule has 1 fully saturated rings. The quantitative estimate of drug-likeness (QED) is 0.659. The van der Waals surface area contributed by atoms with Gasteiger partial charge in [0.1, 0.15) is 11.6 Å². The largest absolute Gasteiger partial charge is 0.497 e. The number of aliphatic carboxylic acids is 1. The lowest BCUT2D eigenvalue weighted by Gasteiger charge is -2.32. The van der Waals surface area contributed by atoms with Gasteiger partial charge < -0.3 is 20.1 Å². The topological polar surface area (TPSA) is 100 Å². The summed E-state index contributed by atoms with van der Waals surface area (Å²) in [6.45, 7) is 1.84. The Morgan fingerprint density at radius 3 is 2.86 bits per heavy atom. The number of fused-ring (bicyclic) bond motifs is 1. The van der Waals surface area contributed by atoms with Crippen molar-refractivity contribution < 1.29 is 14.6 Å². The zero-order valence-corrected chi connectivity index (χ0v) is 16.2. The minimum absolute atomic E-state index is 0.368. The van der Waals surface area contributed by atoms with Gasteiger partial charge in [0.05, 0.1) is 23.9 Å². The fraction of sp³-hybridized carbons (Fsp3) is 0.333. The number of nitrogens with zero attached hydrogens (tertiary/aromatic N) is 4. The van der Waals surface area contributed by atoms with Gasteiger partial charge in [-0.1, -0.05) is 12.1 Å². The number of methoxy groups -OCH3 is 1. The van der Waals surface area contributed by atoms with E-state index in [0.717, 1.165) is 41.0 Å². The Morgan fingerprint density at radius 1 is 1.28 bits per heavy atom. The zero-order chi connectivity index (χ0) is 20.2. The van der Waals surface area contributed by atoms with Gasteiger partial charge in [-0.05, 0) is 36.6 Å². The summed E-state index contributed by atoms with van der Waals surface area (Å²) in [6.07, 6.45) is 5.00. The van der Waals surface area contributed by atoms with Crippen molar-refractivity contribution in [3.63, 3.8) is 0 Å². The molecule has 1 aliphatic rings. The molecule has 1 atom stereocenters. The summed E-state index contributed by atoms with van der Waals surface area (Å²) >= 11 is 0. The molecule has 29 heavy (non-hydrogen) atoms. The van der Waals surface area contributed by atoms with Crippen molar-refractivity contribution in [3.05, 3.63) is 48.3 Å². The van der Waals surface area contributed by atoms with Crippen molar-refractivity contribution in [2.45, 2.75) is 19.4 Å². The highest BCUT2D eigenvalue weighted by atomic mass is 16.5. The molecule has 0 bridgehead atoms. The third-order valence-corrected chi connectivity index (χ3v) is 5.17. The highest BCUT2D eigenvalue weighted by Crippen LogP contribution is 2.28. The van der Waals surface area contributed by atoms with Crippen molar-refractivity contribution in [2.24, 2.45) is 5.92 Å². The minimum Gasteiger partial charge on any atom is -0.497 e. The lowest BCUT2D eigenvalue weighted by atomic mass is 9.98. The number of aromatic nitrogens is 3. The van der Waals surface area contributed by atoms with Gasteiger partial charge in [0.15, 0.2) is 0 Å². The van der Waals surface area contributed by atoms with Crippen LogP contribution in [-0.2, 0) is 11.3 Å². The Labute approximate surface area is 168 Å². The maximum absolute atomic E-state index is 11.4. The molecule has 4 rings (SSSR count). The van der Waals surface area contributed by atoms with Gasteiger partial charge in [-0.2, -0.15) is 0 Å². The van der Waals surface area contributed by atoms with Crippen LogP contribution >= 0.6 is 0 Å². The number of rotatable bonds is 6. The van der Waals surface area contributed by atoms with Crippen molar-refractivity contribution in [3.8, 4) is 5.75 Å². The second-order valence-corrected chi connectivity index (χ2v) is 7.09. The van der Waals surface area contributed by atoms with E-state index in [9.17, 15) is 9.90 Å². The van der Waals surface area contributed by atoms with Gasteiger partial charge in [0.2, 0.25) is 5.95 Å². The molecule has 8 nitrogen and oxygen atoms in total. The number of piperidine rings is 1. The number of anilines is 2. The third-order valence-electron chi connectivity index (χ3n) is 5.17. The normalized spacial score (nSPS) is 16.6. The van der Waals surface area contributed by atoms with Crippen LogP contribution in [-0.4, -0.2) is 46.2 Å². The average Bonchev–Trinajstić information content (AvgIpc) is 2.77. The molecule has 1 aliphatic heterocycles. The van der Waals surface area contributed by atoms with E-state index in [1.165, 1.54) is 0 Å². The first-order valence-corrected chi connectivity index (χ1v) is 9.60. The van der Waals surface area contributed by atoms with Gasteiger partial charge in [-0.15, -0.1) is 0 Å². The minimum atomic E-state index is -0.754. The standard InChI is InChI=1S/C21H23N5O3/c1-29-16-6-4-14(5-7-16)11-23-21-24-12-17-18(25-21)8-9-22-19(17)26-10-2-3-15(13-26)20(27)28/h4-9,12,15H,2-3,10-11,13H2,1H3,(H,27,28)(H,23,24,25). The molecular weight excluding hydrogens is 370 g/mol. The Kier molecular flexibility index (Phi) is 5.41. The summed E-state index contributed by atoms with van der Waals surface area (Å²) in [4.78, 5) is 26.9. The number of pyridine rings is 1. The van der Waals surface area contributed by atoms with Crippen LogP contribution in [0.3, 0.4) is 0 Å². The fourth-order valence-electron chi connectivity index (χ4n) is 3.58. The van der Waals surface area contributed by atoms with Crippen LogP contribution in [0.1, 0.15) is 18.4 Å². The third kappa shape index (κ3) is 4.21. The number of hydrogen-bond acceptors (Lipinski definition) is 7. The number of carboxylic acids is 1. The Bertz CT molecular complexity index is 1010. The number of hydrogen-bond donors (Lipinski definition) is 2. The van der Waals surface area contributed by atoms with Crippen molar-refractivity contribution in [1.82, 2.24) is 15.0 Å². The van der Waals surface area contributed by atoms with E-state index in [0.29, 0.717) is 25.5 Å². The number of ether oxygens (including phenoxy) is 1. The molecule has 3 heterocycles. The zero-order valence-electron chi connectivity index (χ0n) is 16.2. The summed E-state index contributed by atoms with van der Waals surface area (Å²) in [5.41, 5.74) is 1.87. The monoisotopic (exact) mass is 393 g/mol. The van der Waals surface area contributed by atoms with E-state index in [4.69, 9.17) is 4.74 Å². The van der Waals surface area contributed by atoms with Gasteiger partial charge >= 0.3 is 5.97 Å². The highest BCUT2D eigenvalue weighted by molar-refractivity contribution is 5.89. The lowest BCUT2D eigenvalue weighted by Crippen LogP contribution is -2.39. The molecule has 0 amide bonds. The van der Waals surface area contributed by atoms with Crippen LogP contribution in [0.2, 0.25) is 0 Å². The first kappa shape index (κ1) is 18.9. The summed E-state index contributed by atoms with van der Waals surface area (Å²) in [5.74, 6) is 0.977. The average molecular weight is 393 g/mol. The van der Waals surface area contributed by atoms with E-state index in [-0.39, 0.29) is 5.92 Å². The highest BCUT2D eigenvalue weighted by Gasteiger charge is 2.27. The SMILES string of the molecule is COc1ccc(CNc2ncc3c(N4CCCC(C(=O)O)C4)nccc3n2)cc1. The molecule has 0 radical (unpaired) electrons. The summed E-state index contributed by atoms with van der Waals surface area (Å²) in [6, 6.07) is 9.66. The van der Waals surface area contributed by atoms with Gasteiger partial charge in [-0.3, -0.25) is 4.79 Å². The molecule has 1 aromatic carbocycles.